The fourth-order valence-corrected chi connectivity index (χ4v) is 4.06. The molecule has 0 radical (unpaired) electrons. The van der Waals surface area contributed by atoms with Gasteiger partial charge in [-0.3, -0.25) is 4.79 Å². The van der Waals surface area contributed by atoms with Crippen LogP contribution in [0.4, 0.5) is 5.82 Å². The summed E-state index contributed by atoms with van der Waals surface area (Å²) in [6.45, 7) is 8.93. The minimum absolute atomic E-state index is 0.204. The van der Waals surface area contributed by atoms with E-state index >= 15 is 0 Å². The van der Waals surface area contributed by atoms with Crippen molar-refractivity contribution in [3.8, 4) is 11.5 Å². The van der Waals surface area contributed by atoms with E-state index in [2.05, 4.69) is 34.6 Å². The van der Waals surface area contributed by atoms with Crippen molar-refractivity contribution in [2.24, 2.45) is 0 Å². The zero-order chi connectivity index (χ0) is 25.9. The molecule has 0 aliphatic heterocycles. The molecule has 3 rings (SSSR count). The molecule has 0 saturated carbocycles. The summed E-state index contributed by atoms with van der Waals surface area (Å²) in [7, 11) is 3.16. The summed E-state index contributed by atoms with van der Waals surface area (Å²) in [6.07, 6.45) is 4.97. The van der Waals surface area contributed by atoms with E-state index in [4.69, 9.17) is 19.2 Å². The number of methoxy groups -OCH3 is 2. The monoisotopic (exact) mass is 514 g/mol. The molecular formula is C25H34N6O4S. The summed E-state index contributed by atoms with van der Waals surface area (Å²) >= 11 is 1.59. The highest BCUT2D eigenvalue weighted by Gasteiger charge is 2.14. The molecule has 11 heteroatoms. The summed E-state index contributed by atoms with van der Waals surface area (Å²) < 4.78 is 17.8. The van der Waals surface area contributed by atoms with Crippen molar-refractivity contribution in [2.45, 2.75) is 37.7 Å². The molecule has 1 aromatic carbocycles. The van der Waals surface area contributed by atoms with Gasteiger partial charge in [-0.2, -0.15) is 5.10 Å². The Bertz CT molecular complexity index is 1180. The molecular weight excluding hydrogens is 480 g/mol. The zero-order valence-electron chi connectivity index (χ0n) is 21.4. The molecule has 10 nitrogen and oxygen atoms in total. The van der Waals surface area contributed by atoms with Crippen LogP contribution in [0.3, 0.4) is 0 Å². The maximum Gasteiger partial charge on any atom is 0.244 e. The van der Waals surface area contributed by atoms with Gasteiger partial charge in [0.05, 0.1) is 39.0 Å². The number of nitrogens with zero attached hydrogens (tertiary/aromatic N) is 4. The Morgan fingerprint density at radius 1 is 1.17 bits per heavy atom. The number of amides is 1. The van der Waals surface area contributed by atoms with Crippen LogP contribution in [0.5, 0.6) is 11.5 Å². The minimum Gasteiger partial charge on any atom is -0.493 e. The molecule has 3 aromatic rings. The Morgan fingerprint density at radius 3 is 2.69 bits per heavy atom. The number of hydrogen-bond donors (Lipinski definition) is 2. The highest BCUT2D eigenvalue weighted by molar-refractivity contribution is 7.99. The molecule has 0 atom stereocenters. The van der Waals surface area contributed by atoms with Crippen molar-refractivity contribution < 1.29 is 19.0 Å². The number of rotatable bonds is 14. The van der Waals surface area contributed by atoms with Crippen molar-refractivity contribution in [3.05, 3.63) is 36.0 Å². The van der Waals surface area contributed by atoms with Gasteiger partial charge in [0.25, 0.3) is 0 Å². The maximum absolute atomic E-state index is 12.4. The van der Waals surface area contributed by atoms with Crippen LogP contribution in [0.1, 0.15) is 26.3 Å². The van der Waals surface area contributed by atoms with Gasteiger partial charge in [0, 0.05) is 31.0 Å². The lowest BCUT2D eigenvalue weighted by atomic mass is 10.2. The van der Waals surface area contributed by atoms with Crippen LogP contribution in [0.15, 0.2) is 35.6 Å². The summed E-state index contributed by atoms with van der Waals surface area (Å²) in [4.78, 5) is 21.7. The van der Waals surface area contributed by atoms with Crippen molar-refractivity contribution in [3.63, 3.8) is 0 Å². The molecule has 0 aliphatic carbocycles. The first kappa shape index (κ1) is 27.3. The predicted octanol–water partition coefficient (Wildman–Crippen LogP) is 3.62. The average molecular weight is 515 g/mol. The van der Waals surface area contributed by atoms with Crippen molar-refractivity contribution in [1.82, 2.24) is 25.1 Å². The molecule has 2 heterocycles. The van der Waals surface area contributed by atoms with E-state index in [9.17, 15) is 4.79 Å². The molecule has 1 amide bonds. The number of carbonyl (C=O) groups excluding carboxylic acids is 1. The SMILES string of the molecule is CCOCCNc1nc(SC(C)C)nc2c1cnn2CCNC(=O)/C=C\c1ccc(OC)c(OC)c1. The Balaban J connectivity index is 1.65. The van der Waals surface area contributed by atoms with Gasteiger partial charge in [-0.1, -0.05) is 31.7 Å². The van der Waals surface area contributed by atoms with E-state index < -0.39 is 0 Å². The molecule has 0 saturated heterocycles. The topological polar surface area (TPSA) is 112 Å². The van der Waals surface area contributed by atoms with E-state index in [1.165, 1.54) is 6.08 Å². The summed E-state index contributed by atoms with van der Waals surface area (Å²) in [5.41, 5.74) is 1.55. The van der Waals surface area contributed by atoms with Gasteiger partial charge >= 0.3 is 0 Å². The quantitative estimate of drug-likeness (QED) is 0.144. The van der Waals surface area contributed by atoms with Crippen molar-refractivity contribution >= 4 is 40.6 Å². The molecule has 0 unspecified atom stereocenters. The molecule has 194 valence electrons. The third-order valence-electron chi connectivity index (χ3n) is 5.02. The number of anilines is 1. The number of ether oxygens (including phenoxy) is 3. The first-order chi connectivity index (χ1) is 17.4. The first-order valence-electron chi connectivity index (χ1n) is 11.8. The summed E-state index contributed by atoms with van der Waals surface area (Å²) in [5.74, 6) is 1.77. The lowest BCUT2D eigenvalue weighted by Gasteiger charge is -2.11. The van der Waals surface area contributed by atoms with Crippen LogP contribution in [0, 0.1) is 0 Å². The molecule has 0 aliphatic rings. The van der Waals surface area contributed by atoms with Crippen molar-refractivity contribution in [2.75, 3.05) is 45.8 Å². The lowest BCUT2D eigenvalue weighted by molar-refractivity contribution is -0.116. The van der Waals surface area contributed by atoms with E-state index in [1.807, 2.05) is 19.1 Å². The molecule has 0 bridgehead atoms. The summed E-state index contributed by atoms with van der Waals surface area (Å²) in [5, 5.41) is 12.6. The van der Waals surface area contributed by atoms with Crippen LogP contribution >= 0.6 is 11.8 Å². The molecule has 2 aromatic heterocycles. The number of carbonyl (C=O) groups is 1. The van der Waals surface area contributed by atoms with Gasteiger partial charge in [0.15, 0.2) is 22.3 Å². The highest BCUT2D eigenvalue weighted by atomic mass is 32.2. The van der Waals surface area contributed by atoms with E-state index in [0.29, 0.717) is 54.8 Å². The van der Waals surface area contributed by atoms with Crippen LogP contribution in [0.25, 0.3) is 17.1 Å². The van der Waals surface area contributed by atoms with E-state index in [1.54, 1.807) is 49.0 Å². The second-order valence-corrected chi connectivity index (χ2v) is 9.53. The average Bonchev–Trinajstić information content (AvgIpc) is 3.27. The van der Waals surface area contributed by atoms with Gasteiger partial charge in [-0.25, -0.2) is 14.6 Å². The molecule has 36 heavy (non-hydrogen) atoms. The number of aromatic nitrogens is 4. The van der Waals surface area contributed by atoms with Crippen LogP contribution in [0.2, 0.25) is 0 Å². The molecule has 0 fully saturated rings. The van der Waals surface area contributed by atoms with E-state index in [-0.39, 0.29) is 5.91 Å². The van der Waals surface area contributed by atoms with Crippen LogP contribution in [-0.2, 0) is 16.1 Å². The number of hydrogen-bond acceptors (Lipinski definition) is 9. The van der Waals surface area contributed by atoms with Crippen LogP contribution < -0.4 is 20.1 Å². The second kappa shape index (κ2) is 13.7. The number of nitrogens with one attached hydrogen (secondary N) is 2. The number of fused-ring (bicyclic) bond motifs is 1. The smallest absolute Gasteiger partial charge is 0.244 e. The van der Waals surface area contributed by atoms with E-state index in [0.717, 1.165) is 22.4 Å². The fraction of sp³-hybridized carbons (Fsp3) is 0.440. The predicted molar refractivity (Wildman–Crippen MR) is 143 cm³/mol. The summed E-state index contributed by atoms with van der Waals surface area (Å²) in [6, 6.07) is 5.46. The highest BCUT2D eigenvalue weighted by Crippen LogP contribution is 2.28. The van der Waals surface area contributed by atoms with Gasteiger partial charge < -0.3 is 24.8 Å². The molecule has 2 N–H and O–H groups in total. The Labute approximate surface area is 215 Å². The first-order valence-corrected chi connectivity index (χ1v) is 12.7. The fourth-order valence-electron chi connectivity index (χ4n) is 3.36. The standard InChI is InChI=1S/C25H34N6O4S/c1-6-35-14-12-27-23-19-16-28-31(24(19)30-25(29-23)36-17(2)3)13-11-26-22(32)10-8-18-7-9-20(33-4)21(15-18)34-5/h7-10,15-17H,6,11-14H2,1-5H3,(H,26,32)(H,27,29,30)/b10-8-. The lowest BCUT2D eigenvalue weighted by Crippen LogP contribution is -2.25. The van der Waals surface area contributed by atoms with Crippen molar-refractivity contribution in [1.29, 1.82) is 0 Å². The molecule has 0 spiro atoms. The number of benzene rings is 1. The third kappa shape index (κ3) is 7.59. The largest absolute Gasteiger partial charge is 0.493 e. The van der Waals surface area contributed by atoms with Gasteiger partial charge in [-0.05, 0) is 30.7 Å². The van der Waals surface area contributed by atoms with Gasteiger partial charge in [0.2, 0.25) is 5.91 Å². The number of thioether (sulfide) groups is 1. The Kier molecular flexibility index (Phi) is 10.4. The Morgan fingerprint density at radius 2 is 1.97 bits per heavy atom. The van der Waals surface area contributed by atoms with Crippen LogP contribution in [-0.4, -0.2) is 71.4 Å². The normalized spacial score (nSPS) is 11.4. The Hall–Kier alpha value is -3.31. The second-order valence-electron chi connectivity index (χ2n) is 7.99. The van der Waals surface area contributed by atoms with Gasteiger partial charge in [-0.15, -0.1) is 0 Å². The van der Waals surface area contributed by atoms with Gasteiger partial charge in [0.1, 0.15) is 5.82 Å². The minimum atomic E-state index is -0.204. The zero-order valence-corrected chi connectivity index (χ0v) is 22.2. The maximum atomic E-state index is 12.4. The third-order valence-corrected chi connectivity index (χ3v) is 5.88.